The molecule has 0 bridgehead atoms. The fraction of sp³-hybridized carbons (Fsp3) is 0.480. The maximum atomic E-state index is 12.8. The third kappa shape index (κ3) is 6.88. The number of amides is 1. The number of hydrogen-bond donors (Lipinski definition) is 1. The van der Waals surface area contributed by atoms with Gasteiger partial charge in [0.25, 0.3) is 5.91 Å². The molecule has 0 aliphatic carbocycles. The molecule has 12 heteroatoms. The molecule has 1 amide bonds. The SMILES string of the molecule is Cc1cccc(N2CCN(S(=O)(=O)CCCNC(=O)c3ccc(S(=O)(=O)N4CCOCC4)cc3)CC2)c1. The second kappa shape index (κ2) is 11.9. The van der Waals surface area contributed by atoms with Crippen molar-refractivity contribution < 1.29 is 26.4 Å². The number of nitrogens with one attached hydrogen (secondary N) is 1. The van der Waals surface area contributed by atoms with Crippen molar-refractivity contribution in [2.75, 3.05) is 69.7 Å². The van der Waals surface area contributed by atoms with Gasteiger partial charge >= 0.3 is 0 Å². The highest BCUT2D eigenvalue weighted by atomic mass is 32.2. The first-order chi connectivity index (χ1) is 17.7. The maximum absolute atomic E-state index is 12.8. The fourth-order valence-corrected chi connectivity index (χ4v) is 7.35. The zero-order chi connectivity index (χ0) is 26.5. The summed E-state index contributed by atoms with van der Waals surface area (Å²) in [7, 11) is -7.04. The van der Waals surface area contributed by atoms with Crippen molar-refractivity contribution in [1.29, 1.82) is 0 Å². The van der Waals surface area contributed by atoms with Crippen LogP contribution in [0.5, 0.6) is 0 Å². The Hall–Kier alpha value is -2.51. The molecule has 2 aliphatic rings. The van der Waals surface area contributed by atoms with E-state index in [0.717, 1.165) is 5.69 Å². The molecule has 202 valence electrons. The molecule has 2 heterocycles. The molecule has 2 fully saturated rings. The molecule has 10 nitrogen and oxygen atoms in total. The number of ether oxygens (including phenoxy) is 1. The van der Waals surface area contributed by atoms with Crippen LogP contribution >= 0.6 is 0 Å². The van der Waals surface area contributed by atoms with Crippen LogP contribution in [-0.2, 0) is 24.8 Å². The van der Waals surface area contributed by atoms with Gasteiger partial charge in [0.2, 0.25) is 20.0 Å². The molecule has 37 heavy (non-hydrogen) atoms. The number of benzene rings is 2. The van der Waals surface area contributed by atoms with E-state index in [1.54, 1.807) is 0 Å². The monoisotopic (exact) mass is 550 g/mol. The Morgan fingerprint density at radius 1 is 0.892 bits per heavy atom. The second-order valence-corrected chi connectivity index (χ2v) is 13.2. The molecule has 0 saturated carbocycles. The predicted molar refractivity (Wildman–Crippen MR) is 142 cm³/mol. The topological polar surface area (TPSA) is 116 Å². The van der Waals surface area contributed by atoms with Crippen LogP contribution in [0, 0.1) is 6.92 Å². The van der Waals surface area contributed by atoms with Crippen LogP contribution in [0.15, 0.2) is 53.4 Å². The van der Waals surface area contributed by atoms with Gasteiger partial charge in [0.05, 0.1) is 23.9 Å². The second-order valence-electron chi connectivity index (χ2n) is 9.19. The summed E-state index contributed by atoms with van der Waals surface area (Å²) in [6.07, 6.45) is 0.287. The Balaban J connectivity index is 1.22. The minimum Gasteiger partial charge on any atom is -0.379 e. The lowest BCUT2D eigenvalue weighted by atomic mass is 10.2. The lowest BCUT2D eigenvalue weighted by Crippen LogP contribution is -2.49. The highest BCUT2D eigenvalue weighted by Gasteiger charge is 2.28. The van der Waals surface area contributed by atoms with Crippen molar-refractivity contribution in [3.05, 3.63) is 59.7 Å². The van der Waals surface area contributed by atoms with Gasteiger partial charge in [0, 0.05) is 57.1 Å². The molecule has 0 radical (unpaired) electrons. The minimum absolute atomic E-state index is 0.0472. The van der Waals surface area contributed by atoms with E-state index in [1.807, 2.05) is 25.1 Å². The first kappa shape index (κ1) is 27.5. The summed E-state index contributed by atoms with van der Waals surface area (Å²) in [6, 6.07) is 13.9. The summed E-state index contributed by atoms with van der Waals surface area (Å²) in [5.74, 6) is -0.423. The number of carbonyl (C=O) groups is 1. The summed E-state index contributed by atoms with van der Waals surface area (Å²) >= 11 is 0. The van der Waals surface area contributed by atoms with Gasteiger partial charge in [-0.15, -0.1) is 0 Å². The lowest BCUT2D eigenvalue weighted by molar-refractivity contribution is 0.0730. The maximum Gasteiger partial charge on any atom is 0.251 e. The molecular weight excluding hydrogens is 516 g/mol. The van der Waals surface area contributed by atoms with Gasteiger partial charge in [-0.25, -0.2) is 16.8 Å². The first-order valence-corrected chi connectivity index (χ1v) is 15.5. The van der Waals surface area contributed by atoms with Gasteiger partial charge in [-0.2, -0.15) is 8.61 Å². The number of morpholine rings is 1. The van der Waals surface area contributed by atoms with Gasteiger partial charge < -0.3 is 15.0 Å². The molecule has 0 unspecified atom stereocenters. The van der Waals surface area contributed by atoms with E-state index >= 15 is 0 Å². The largest absolute Gasteiger partial charge is 0.379 e. The van der Waals surface area contributed by atoms with Crippen LogP contribution in [0.1, 0.15) is 22.3 Å². The van der Waals surface area contributed by atoms with E-state index in [0.29, 0.717) is 58.0 Å². The van der Waals surface area contributed by atoms with Crippen molar-refractivity contribution in [3.63, 3.8) is 0 Å². The zero-order valence-electron chi connectivity index (χ0n) is 21.0. The van der Waals surface area contributed by atoms with E-state index in [9.17, 15) is 21.6 Å². The molecule has 1 N–H and O–H groups in total. The fourth-order valence-electron chi connectivity index (χ4n) is 4.45. The Bertz CT molecular complexity index is 1280. The van der Waals surface area contributed by atoms with E-state index in [1.165, 1.54) is 38.4 Å². The molecule has 2 aromatic rings. The van der Waals surface area contributed by atoms with E-state index in [2.05, 4.69) is 16.3 Å². The standard InChI is InChI=1S/C25H34N4O6S2/c1-21-4-2-5-23(20-21)27-11-13-28(14-12-27)36(31,32)19-3-10-26-25(30)22-6-8-24(9-7-22)37(33,34)29-15-17-35-18-16-29/h2,4-9,20H,3,10-19H2,1H3,(H,26,30). The van der Waals surface area contributed by atoms with Gasteiger partial charge in [-0.05, 0) is 55.3 Å². The number of nitrogens with zero attached hydrogens (tertiary/aromatic N) is 3. The summed E-state index contributed by atoms with van der Waals surface area (Å²) in [5.41, 5.74) is 2.59. The number of aryl methyl sites for hydroxylation is 1. The van der Waals surface area contributed by atoms with Gasteiger partial charge in [-0.1, -0.05) is 12.1 Å². The van der Waals surface area contributed by atoms with Crippen LogP contribution < -0.4 is 10.2 Å². The highest BCUT2D eigenvalue weighted by Crippen LogP contribution is 2.20. The molecule has 4 rings (SSSR count). The predicted octanol–water partition coefficient (Wildman–Crippen LogP) is 1.29. The number of rotatable bonds is 9. The smallest absolute Gasteiger partial charge is 0.251 e. The Kier molecular flexibility index (Phi) is 8.86. The third-order valence-electron chi connectivity index (χ3n) is 6.59. The highest BCUT2D eigenvalue weighted by molar-refractivity contribution is 7.89. The lowest BCUT2D eigenvalue weighted by Gasteiger charge is -2.35. The number of anilines is 1. The molecule has 2 aromatic carbocycles. The van der Waals surface area contributed by atoms with Crippen molar-refractivity contribution in [1.82, 2.24) is 13.9 Å². The molecule has 0 spiro atoms. The van der Waals surface area contributed by atoms with Gasteiger partial charge in [-0.3, -0.25) is 4.79 Å². The summed E-state index contributed by atoms with van der Waals surface area (Å²) in [5, 5.41) is 2.72. The molecule has 0 atom stereocenters. The molecule has 0 aromatic heterocycles. The number of carbonyl (C=O) groups excluding carboxylic acids is 1. The minimum atomic E-state index is -3.63. The van der Waals surface area contributed by atoms with Crippen LogP contribution in [-0.4, -0.2) is 96.1 Å². The van der Waals surface area contributed by atoms with Gasteiger partial charge in [0.1, 0.15) is 0 Å². The molecule has 2 saturated heterocycles. The van der Waals surface area contributed by atoms with Crippen molar-refractivity contribution >= 4 is 31.6 Å². The van der Waals surface area contributed by atoms with E-state index < -0.39 is 20.0 Å². The number of sulfonamides is 2. The summed E-state index contributed by atoms with van der Waals surface area (Å²) < 4.78 is 59.1. The van der Waals surface area contributed by atoms with Crippen LogP contribution in [0.4, 0.5) is 5.69 Å². The van der Waals surface area contributed by atoms with Crippen molar-refractivity contribution in [2.45, 2.75) is 18.2 Å². The Morgan fingerprint density at radius 2 is 1.57 bits per heavy atom. The molecular formula is C25H34N4O6S2. The Labute approximate surface area is 219 Å². The van der Waals surface area contributed by atoms with Crippen LogP contribution in [0.2, 0.25) is 0 Å². The first-order valence-electron chi connectivity index (χ1n) is 12.4. The average molecular weight is 551 g/mol. The quantitative estimate of drug-likeness (QED) is 0.468. The normalized spacial score (nSPS) is 18.0. The Morgan fingerprint density at radius 3 is 2.22 bits per heavy atom. The summed E-state index contributed by atoms with van der Waals surface area (Å²) in [4.78, 5) is 14.8. The van der Waals surface area contributed by atoms with Crippen LogP contribution in [0.3, 0.4) is 0 Å². The third-order valence-corrected chi connectivity index (χ3v) is 10.5. The number of piperazine rings is 1. The van der Waals surface area contributed by atoms with Crippen LogP contribution in [0.25, 0.3) is 0 Å². The zero-order valence-corrected chi connectivity index (χ0v) is 22.6. The van der Waals surface area contributed by atoms with E-state index in [4.69, 9.17) is 4.74 Å². The van der Waals surface area contributed by atoms with E-state index in [-0.39, 0.29) is 29.5 Å². The van der Waals surface area contributed by atoms with Crippen molar-refractivity contribution in [3.8, 4) is 0 Å². The average Bonchev–Trinajstić information content (AvgIpc) is 2.91. The van der Waals surface area contributed by atoms with Gasteiger partial charge in [0.15, 0.2) is 0 Å². The number of hydrogen-bond acceptors (Lipinski definition) is 7. The summed E-state index contributed by atoms with van der Waals surface area (Å²) in [6.45, 7) is 5.70. The molecule has 2 aliphatic heterocycles. The van der Waals surface area contributed by atoms with Crippen molar-refractivity contribution in [2.24, 2.45) is 0 Å².